The lowest BCUT2D eigenvalue weighted by Gasteiger charge is -2.31. The number of fused-ring (bicyclic) bond motifs is 1. The quantitative estimate of drug-likeness (QED) is 0.731. The second kappa shape index (κ2) is 7.82. The summed E-state index contributed by atoms with van der Waals surface area (Å²) < 4.78 is 0. The van der Waals surface area contributed by atoms with Crippen LogP contribution in [-0.4, -0.2) is 35.5 Å². The Labute approximate surface area is 159 Å². The highest BCUT2D eigenvalue weighted by Gasteiger charge is 2.27. The molecule has 1 unspecified atom stereocenters. The molecule has 1 aliphatic heterocycles. The molecule has 0 saturated carbocycles. The summed E-state index contributed by atoms with van der Waals surface area (Å²) in [6, 6.07) is 16.5. The summed E-state index contributed by atoms with van der Waals surface area (Å²) in [6.07, 6.45) is 2.81. The molecular formula is C22H26N4O. The highest BCUT2D eigenvalue weighted by molar-refractivity contribution is 5.80. The predicted octanol–water partition coefficient (Wildman–Crippen LogP) is 3.45. The van der Waals surface area contributed by atoms with E-state index in [0.717, 1.165) is 49.3 Å². The van der Waals surface area contributed by atoms with Crippen LogP contribution in [0.25, 0.3) is 11.0 Å². The fourth-order valence-corrected chi connectivity index (χ4v) is 3.76. The van der Waals surface area contributed by atoms with Gasteiger partial charge in [0.2, 0.25) is 11.9 Å². The zero-order chi connectivity index (χ0) is 18.6. The van der Waals surface area contributed by atoms with Crippen molar-refractivity contribution >= 4 is 22.9 Å². The monoisotopic (exact) mass is 362 g/mol. The van der Waals surface area contributed by atoms with E-state index < -0.39 is 0 Å². The van der Waals surface area contributed by atoms with Gasteiger partial charge in [0.1, 0.15) is 0 Å². The van der Waals surface area contributed by atoms with E-state index in [1.807, 2.05) is 24.3 Å². The van der Waals surface area contributed by atoms with Gasteiger partial charge in [0.15, 0.2) is 0 Å². The van der Waals surface area contributed by atoms with Gasteiger partial charge in [-0.3, -0.25) is 4.79 Å². The standard InChI is InChI=1S/C22H26N4O/c1-16-9-10-19-20(14-16)25-22(24-19)26-13-5-8-18(15-26)21(27)23-12-11-17-6-3-2-4-7-17/h2-4,6-7,9-10,14,18H,5,8,11-13,15H2,1H3,(H,23,27)(H,24,25). The Kier molecular flexibility index (Phi) is 5.10. The van der Waals surface area contributed by atoms with E-state index in [-0.39, 0.29) is 11.8 Å². The van der Waals surface area contributed by atoms with Crippen molar-refractivity contribution < 1.29 is 4.79 Å². The zero-order valence-electron chi connectivity index (χ0n) is 15.7. The van der Waals surface area contributed by atoms with E-state index in [0.29, 0.717) is 6.54 Å². The van der Waals surface area contributed by atoms with Gasteiger partial charge >= 0.3 is 0 Å². The first-order valence-electron chi connectivity index (χ1n) is 9.72. The van der Waals surface area contributed by atoms with Crippen LogP contribution in [-0.2, 0) is 11.2 Å². The fourth-order valence-electron chi connectivity index (χ4n) is 3.76. The smallest absolute Gasteiger partial charge is 0.224 e. The maximum Gasteiger partial charge on any atom is 0.224 e. The molecule has 5 nitrogen and oxygen atoms in total. The molecule has 1 aliphatic rings. The van der Waals surface area contributed by atoms with Crippen LogP contribution >= 0.6 is 0 Å². The van der Waals surface area contributed by atoms with Crippen molar-refractivity contribution in [3.63, 3.8) is 0 Å². The molecular weight excluding hydrogens is 336 g/mol. The first-order chi connectivity index (χ1) is 13.2. The minimum atomic E-state index is 0.0180. The van der Waals surface area contributed by atoms with Gasteiger partial charge in [-0.25, -0.2) is 4.98 Å². The molecule has 0 aliphatic carbocycles. The second-order valence-corrected chi connectivity index (χ2v) is 7.39. The molecule has 1 atom stereocenters. The number of piperidine rings is 1. The van der Waals surface area contributed by atoms with Crippen LogP contribution in [0, 0.1) is 12.8 Å². The summed E-state index contributed by atoms with van der Waals surface area (Å²) in [5.41, 5.74) is 4.50. The third kappa shape index (κ3) is 4.13. The van der Waals surface area contributed by atoms with Crippen molar-refractivity contribution in [2.75, 3.05) is 24.5 Å². The molecule has 0 radical (unpaired) electrons. The van der Waals surface area contributed by atoms with Crippen molar-refractivity contribution in [2.45, 2.75) is 26.2 Å². The number of amides is 1. The number of aromatic nitrogens is 2. The Hall–Kier alpha value is -2.82. The topological polar surface area (TPSA) is 61.0 Å². The van der Waals surface area contributed by atoms with Crippen LogP contribution in [0.4, 0.5) is 5.95 Å². The molecule has 0 bridgehead atoms. The van der Waals surface area contributed by atoms with E-state index >= 15 is 0 Å². The number of nitrogens with one attached hydrogen (secondary N) is 2. The van der Waals surface area contributed by atoms with E-state index in [1.54, 1.807) is 0 Å². The van der Waals surface area contributed by atoms with Crippen molar-refractivity contribution in [3.05, 3.63) is 59.7 Å². The average Bonchev–Trinajstić information content (AvgIpc) is 3.12. The van der Waals surface area contributed by atoms with Gasteiger partial charge in [0.05, 0.1) is 17.0 Å². The largest absolute Gasteiger partial charge is 0.355 e. The summed E-state index contributed by atoms with van der Waals surface area (Å²) in [6.45, 7) is 4.42. The van der Waals surface area contributed by atoms with Crippen molar-refractivity contribution in [1.29, 1.82) is 0 Å². The molecule has 5 heteroatoms. The molecule has 1 fully saturated rings. The molecule has 4 rings (SSSR count). The second-order valence-electron chi connectivity index (χ2n) is 7.39. The van der Waals surface area contributed by atoms with Gasteiger partial charge < -0.3 is 15.2 Å². The number of rotatable bonds is 5. The van der Waals surface area contributed by atoms with E-state index in [1.165, 1.54) is 11.1 Å². The molecule has 1 aromatic heterocycles. The Morgan fingerprint density at radius 3 is 2.96 bits per heavy atom. The highest BCUT2D eigenvalue weighted by Crippen LogP contribution is 2.24. The van der Waals surface area contributed by atoms with Gasteiger partial charge in [0, 0.05) is 19.6 Å². The van der Waals surface area contributed by atoms with Gasteiger partial charge in [-0.05, 0) is 49.4 Å². The van der Waals surface area contributed by atoms with Gasteiger partial charge in [-0.2, -0.15) is 0 Å². The molecule has 1 amide bonds. The third-order valence-electron chi connectivity index (χ3n) is 5.27. The molecule has 3 aromatic rings. The first kappa shape index (κ1) is 17.6. The minimum Gasteiger partial charge on any atom is -0.355 e. The summed E-state index contributed by atoms with van der Waals surface area (Å²) in [4.78, 5) is 22.9. The number of hydrogen-bond acceptors (Lipinski definition) is 3. The zero-order valence-corrected chi connectivity index (χ0v) is 15.7. The molecule has 140 valence electrons. The molecule has 0 spiro atoms. The van der Waals surface area contributed by atoms with Crippen molar-refractivity contribution in [1.82, 2.24) is 15.3 Å². The third-order valence-corrected chi connectivity index (χ3v) is 5.27. The van der Waals surface area contributed by atoms with E-state index in [9.17, 15) is 4.79 Å². The van der Waals surface area contributed by atoms with Gasteiger partial charge in [-0.15, -0.1) is 0 Å². The molecule has 2 N–H and O–H groups in total. The molecule has 2 heterocycles. The summed E-state index contributed by atoms with van der Waals surface area (Å²) >= 11 is 0. The Morgan fingerprint density at radius 2 is 2.11 bits per heavy atom. The van der Waals surface area contributed by atoms with Crippen LogP contribution in [0.15, 0.2) is 48.5 Å². The van der Waals surface area contributed by atoms with Crippen LogP contribution < -0.4 is 10.2 Å². The van der Waals surface area contributed by atoms with E-state index in [4.69, 9.17) is 4.98 Å². The maximum atomic E-state index is 12.6. The fraction of sp³-hybridized carbons (Fsp3) is 0.364. The average molecular weight is 362 g/mol. The number of benzene rings is 2. The number of carbonyl (C=O) groups excluding carboxylic acids is 1. The Morgan fingerprint density at radius 1 is 1.26 bits per heavy atom. The maximum absolute atomic E-state index is 12.6. The summed E-state index contributed by atoms with van der Waals surface area (Å²) in [7, 11) is 0. The lowest BCUT2D eigenvalue weighted by Crippen LogP contribution is -2.43. The number of hydrogen-bond donors (Lipinski definition) is 2. The van der Waals surface area contributed by atoms with Gasteiger partial charge in [0.25, 0.3) is 0 Å². The molecule has 2 aromatic carbocycles. The molecule has 1 saturated heterocycles. The van der Waals surface area contributed by atoms with Crippen LogP contribution in [0.3, 0.4) is 0 Å². The van der Waals surface area contributed by atoms with Crippen molar-refractivity contribution in [2.24, 2.45) is 5.92 Å². The van der Waals surface area contributed by atoms with Crippen LogP contribution in [0.2, 0.25) is 0 Å². The number of anilines is 1. The first-order valence-corrected chi connectivity index (χ1v) is 9.72. The number of imidazole rings is 1. The Balaban J connectivity index is 1.36. The van der Waals surface area contributed by atoms with E-state index in [2.05, 4.69) is 46.4 Å². The summed E-state index contributed by atoms with van der Waals surface area (Å²) in [5, 5.41) is 3.11. The predicted molar refractivity (Wildman–Crippen MR) is 109 cm³/mol. The number of aromatic amines is 1. The van der Waals surface area contributed by atoms with Crippen LogP contribution in [0.1, 0.15) is 24.0 Å². The highest BCUT2D eigenvalue weighted by atomic mass is 16.1. The normalized spacial score (nSPS) is 17.2. The lowest BCUT2D eigenvalue weighted by atomic mass is 9.97. The van der Waals surface area contributed by atoms with Gasteiger partial charge in [-0.1, -0.05) is 36.4 Å². The van der Waals surface area contributed by atoms with Crippen LogP contribution in [0.5, 0.6) is 0 Å². The Bertz CT molecular complexity index is 918. The lowest BCUT2D eigenvalue weighted by molar-refractivity contribution is -0.125. The summed E-state index contributed by atoms with van der Waals surface area (Å²) in [5.74, 6) is 1.05. The minimum absolute atomic E-state index is 0.0180. The number of nitrogens with zero attached hydrogens (tertiary/aromatic N) is 2. The van der Waals surface area contributed by atoms with Crippen molar-refractivity contribution in [3.8, 4) is 0 Å². The number of aryl methyl sites for hydroxylation is 1. The number of H-pyrrole nitrogens is 1. The number of carbonyl (C=O) groups is 1. The molecule has 27 heavy (non-hydrogen) atoms. The SMILES string of the molecule is Cc1ccc2nc(N3CCCC(C(=O)NCCc4ccccc4)C3)[nH]c2c1.